The van der Waals surface area contributed by atoms with E-state index in [1.165, 1.54) is 18.4 Å². The number of morpholine rings is 1. The highest BCUT2D eigenvalue weighted by Gasteiger charge is 2.29. The quantitative estimate of drug-likeness (QED) is 0.933. The van der Waals surface area contributed by atoms with E-state index >= 15 is 0 Å². The number of nitrogens with zero attached hydrogens (tertiary/aromatic N) is 2. The number of ether oxygens (including phenoxy) is 2. The molecule has 0 spiro atoms. The average molecular weight is 334 g/mol. The summed E-state index contributed by atoms with van der Waals surface area (Å²) in [6.07, 6.45) is 1.50. The lowest BCUT2D eigenvalue weighted by Crippen LogP contribution is -2.42. The van der Waals surface area contributed by atoms with E-state index in [0.717, 1.165) is 10.6 Å². The molecule has 2 heterocycles. The molecule has 1 N–H and O–H groups in total. The summed E-state index contributed by atoms with van der Waals surface area (Å²) in [6.45, 7) is 3.20. The molecule has 6 nitrogen and oxygen atoms in total. The summed E-state index contributed by atoms with van der Waals surface area (Å²) in [5.41, 5.74) is 1.11. The number of amides is 1. The van der Waals surface area contributed by atoms with Gasteiger partial charge in [-0.1, -0.05) is 0 Å². The third kappa shape index (κ3) is 3.16. The number of aromatic nitrogens is 1. The summed E-state index contributed by atoms with van der Waals surface area (Å²) in [6, 6.07) is 3.37. The van der Waals surface area contributed by atoms with E-state index in [-0.39, 0.29) is 23.3 Å². The van der Waals surface area contributed by atoms with E-state index in [4.69, 9.17) is 9.47 Å². The van der Waals surface area contributed by atoms with Crippen LogP contribution in [0.4, 0.5) is 0 Å². The number of hydrogen-bond acceptors (Lipinski definition) is 6. The molecule has 3 rings (SSSR count). The van der Waals surface area contributed by atoms with Crippen molar-refractivity contribution in [3.8, 4) is 11.5 Å². The van der Waals surface area contributed by atoms with Crippen LogP contribution in [-0.2, 0) is 4.74 Å². The largest absolute Gasteiger partial charge is 0.504 e. The molecule has 1 amide bonds. The molecule has 1 aromatic heterocycles. The number of carbonyl (C=O) groups is 1. The topological polar surface area (TPSA) is 71.9 Å². The molecule has 2 aromatic rings. The second-order valence-corrected chi connectivity index (χ2v) is 6.27. The van der Waals surface area contributed by atoms with E-state index < -0.39 is 0 Å². The number of benzene rings is 1. The van der Waals surface area contributed by atoms with Crippen molar-refractivity contribution < 1.29 is 19.4 Å². The first-order chi connectivity index (χ1) is 11.1. The minimum Gasteiger partial charge on any atom is -0.504 e. The molecule has 1 fully saturated rings. The summed E-state index contributed by atoms with van der Waals surface area (Å²) < 4.78 is 10.8. The first kappa shape index (κ1) is 15.8. The van der Waals surface area contributed by atoms with Gasteiger partial charge in [-0.15, -0.1) is 11.3 Å². The zero-order chi connectivity index (χ0) is 16.4. The monoisotopic (exact) mass is 334 g/mol. The van der Waals surface area contributed by atoms with Crippen LogP contribution in [0.2, 0.25) is 0 Å². The van der Waals surface area contributed by atoms with Gasteiger partial charge in [0, 0.05) is 18.1 Å². The highest BCUT2D eigenvalue weighted by molar-refractivity contribution is 7.09. The van der Waals surface area contributed by atoms with E-state index in [9.17, 15) is 9.90 Å². The zero-order valence-corrected chi connectivity index (χ0v) is 13.8. The smallest absolute Gasteiger partial charge is 0.257 e. The number of phenols is 1. The second kappa shape index (κ2) is 6.55. The Morgan fingerprint density at radius 3 is 3.04 bits per heavy atom. The van der Waals surface area contributed by atoms with Crippen LogP contribution in [-0.4, -0.2) is 47.7 Å². The van der Waals surface area contributed by atoms with Crippen LogP contribution in [0.3, 0.4) is 0 Å². The summed E-state index contributed by atoms with van der Waals surface area (Å²) >= 11 is 1.51. The highest BCUT2D eigenvalue weighted by atomic mass is 32.1. The van der Waals surface area contributed by atoms with Gasteiger partial charge in [0.2, 0.25) is 0 Å². The van der Waals surface area contributed by atoms with Gasteiger partial charge in [0.1, 0.15) is 11.1 Å². The molecular formula is C16H18N2O4S. The lowest BCUT2D eigenvalue weighted by molar-refractivity contribution is -0.0230. The number of methoxy groups -OCH3 is 1. The van der Waals surface area contributed by atoms with Crippen LogP contribution in [0.15, 0.2) is 23.7 Å². The fourth-order valence-corrected chi connectivity index (χ4v) is 3.29. The van der Waals surface area contributed by atoms with Crippen molar-refractivity contribution >= 4 is 17.2 Å². The maximum absolute atomic E-state index is 12.8. The molecule has 7 heteroatoms. The lowest BCUT2D eigenvalue weighted by Gasteiger charge is -2.32. The van der Waals surface area contributed by atoms with Gasteiger partial charge in [-0.2, -0.15) is 0 Å². The van der Waals surface area contributed by atoms with Crippen molar-refractivity contribution in [1.29, 1.82) is 0 Å². The molecular weight excluding hydrogens is 316 g/mol. The third-order valence-corrected chi connectivity index (χ3v) is 4.62. The molecule has 122 valence electrons. The van der Waals surface area contributed by atoms with E-state index in [2.05, 4.69) is 4.98 Å². The predicted molar refractivity (Wildman–Crippen MR) is 86.1 cm³/mol. The SMILES string of the molecule is COc1cc(C)cc(C(=O)N2CCOC(c3nccs3)C2)c1O. The van der Waals surface area contributed by atoms with Crippen molar-refractivity contribution in [2.75, 3.05) is 26.8 Å². The van der Waals surface area contributed by atoms with Crippen molar-refractivity contribution in [2.24, 2.45) is 0 Å². The van der Waals surface area contributed by atoms with Gasteiger partial charge in [0.25, 0.3) is 5.91 Å². The first-order valence-corrected chi connectivity index (χ1v) is 8.16. The van der Waals surface area contributed by atoms with Gasteiger partial charge >= 0.3 is 0 Å². The fourth-order valence-electron chi connectivity index (χ4n) is 2.61. The molecule has 0 bridgehead atoms. The number of hydrogen-bond donors (Lipinski definition) is 1. The van der Waals surface area contributed by atoms with E-state index in [1.807, 2.05) is 12.3 Å². The average Bonchev–Trinajstić information content (AvgIpc) is 3.10. The minimum atomic E-state index is -0.227. The van der Waals surface area contributed by atoms with Gasteiger partial charge in [0.05, 0.1) is 25.8 Å². The molecule has 1 saturated heterocycles. The van der Waals surface area contributed by atoms with Gasteiger partial charge in [0.15, 0.2) is 11.5 Å². The van der Waals surface area contributed by atoms with Crippen LogP contribution in [0, 0.1) is 6.92 Å². The summed E-state index contributed by atoms with van der Waals surface area (Å²) in [5.74, 6) is -0.0483. The highest BCUT2D eigenvalue weighted by Crippen LogP contribution is 2.33. The minimum absolute atomic E-state index is 0.125. The van der Waals surface area contributed by atoms with Gasteiger partial charge < -0.3 is 19.5 Å². The van der Waals surface area contributed by atoms with Gasteiger partial charge in [-0.25, -0.2) is 4.98 Å². The van der Waals surface area contributed by atoms with Crippen molar-refractivity contribution in [2.45, 2.75) is 13.0 Å². The Hall–Kier alpha value is -2.12. The van der Waals surface area contributed by atoms with Crippen molar-refractivity contribution in [3.63, 3.8) is 0 Å². The standard InChI is InChI=1S/C16H18N2O4S/c1-10-7-11(14(19)12(8-10)21-2)16(20)18-4-5-22-13(9-18)15-17-3-6-23-15/h3,6-8,13,19H,4-5,9H2,1-2H3. The Bertz CT molecular complexity index is 702. The predicted octanol–water partition coefficient (Wildman–Crippen LogP) is 2.38. The number of thiazole rings is 1. The van der Waals surface area contributed by atoms with E-state index in [1.54, 1.807) is 23.2 Å². The number of carbonyl (C=O) groups excluding carboxylic acids is 1. The Labute approximate surface area is 138 Å². The number of phenolic OH excluding ortho intramolecular Hbond substituents is 1. The van der Waals surface area contributed by atoms with Gasteiger partial charge in [-0.05, 0) is 24.6 Å². The van der Waals surface area contributed by atoms with Crippen molar-refractivity contribution in [3.05, 3.63) is 39.8 Å². The molecule has 0 aliphatic carbocycles. The van der Waals surface area contributed by atoms with Crippen LogP contribution in [0.5, 0.6) is 11.5 Å². The molecule has 0 saturated carbocycles. The number of aromatic hydroxyl groups is 1. The molecule has 1 unspecified atom stereocenters. The van der Waals surface area contributed by atoms with Gasteiger partial charge in [-0.3, -0.25) is 4.79 Å². The summed E-state index contributed by atoms with van der Waals surface area (Å²) in [7, 11) is 1.47. The second-order valence-electron chi connectivity index (χ2n) is 5.34. The molecule has 0 radical (unpaired) electrons. The van der Waals surface area contributed by atoms with Crippen LogP contribution in [0.25, 0.3) is 0 Å². The van der Waals surface area contributed by atoms with Crippen LogP contribution >= 0.6 is 11.3 Å². The normalized spacial score (nSPS) is 18.0. The lowest BCUT2D eigenvalue weighted by atomic mass is 10.1. The fraction of sp³-hybridized carbons (Fsp3) is 0.375. The Balaban J connectivity index is 1.84. The molecule has 23 heavy (non-hydrogen) atoms. The van der Waals surface area contributed by atoms with Crippen LogP contribution in [0.1, 0.15) is 27.0 Å². The maximum Gasteiger partial charge on any atom is 0.257 e. The number of rotatable bonds is 3. The van der Waals surface area contributed by atoms with E-state index in [0.29, 0.717) is 25.4 Å². The van der Waals surface area contributed by atoms with Crippen LogP contribution < -0.4 is 4.74 Å². The molecule has 1 atom stereocenters. The molecule has 1 aliphatic rings. The Morgan fingerprint density at radius 2 is 2.35 bits per heavy atom. The molecule has 1 aromatic carbocycles. The zero-order valence-electron chi connectivity index (χ0n) is 13.0. The number of aryl methyl sites for hydroxylation is 1. The summed E-state index contributed by atoms with van der Waals surface area (Å²) in [5, 5.41) is 13.0. The molecule has 1 aliphatic heterocycles. The Kier molecular flexibility index (Phi) is 4.49. The summed E-state index contributed by atoms with van der Waals surface area (Å²) in [4.78, 5) is 18.7. The van der Waals surface area contributed by atoms with Crippen molar-refractivity contribution in [1.82, 2.24) is 9.88 Å². The maximum atomic E-state index is 12.8. The Morgan fingerprint density at radius 1 is 1.52 bits per heavy atom. The third-order valence-electron chi connectivity index (χ3n) is 3.75. The first-order valence-electron chi connectivity index (χ1n) is 7.28.